The van der Waals surface area contributed by atoms with Gasteiger partial charge >= 0.3 is 0 Å². The minimum Gasteiger partial charge on any atom is -0.375 e. The highest BCUT2D eigenvalue weighted by molar-refractivity contribution is 9.09. The third-order valence-corrected chi connectivity index (χ3v) is 1.92. The van der Waals surface area contributed by atoms with E-state index in [1.807, 2.05) is 0 Å². The van der Waals surface area contributed by atoms with Gasteiger partial charge in [0.25, 0.3) is 0 Å². The molecule has 0 spiro atoms. The number of alkyl halides is 1. The van der Waals surface area contributed by atoms with E-state index in [-0.39, 0.29) is 0 Å². The van der Waals surface area contributed by atoms with E-state index >= 15 is 0 Å². The molecule has 0 amide bonds. The number of hydrogen-bond acceptors (Lipinski definition) is 1. The van der Waals surface area contributed by atoms with Gasteiger partial charge in [-0.15, -0.1) is 0 Å². The molecule has 1 N–H and O–H groups in total. The Kier molecular flexibility index (Phi) is 2.94. The molecule has 0 fully saturated rings. The van der Waals surface area contributed by atoms with Gasteiger partial charge in [0, 0.05) is 5.69 Å². The van der Waals surface area contributed by atoms with Gasteiger partial charge in [-0.1, -0.05) is 33.6 Å². The number of rotatable bonds is 2. The summed E-state index contributed by atoms with van der Waals surface area (Å²) in [5, 5.41) is 3.22. The maximum Gasteiger partial charge on any atom is 0.0707 e. The van der Waals surface area contributed by atoms with Crippen molar-refractivity contribution in [3.63, 3.8) is 0 Å². The van der Waals surface area contributed by atoms with Crippen LogP contribution < -0.4 is 5.32 Å². The van der Waals surface area contributed by atoms with Crippen molar-refractivity contribution in [1.29, 1.82) is 0 Å². The monoisotopic (exact) mass is 213 g/mol. The number of hydrogen-bond donors (Lipinski definition) is 1. The number of anilines is 1. The predicted octanol–water partition coefficient (Wildman–Crippen LogP) is 3.07. The molecule has 0 aromatic heterocycles. The summed E-state index contributed by atoms with van der Waals surface area (Å²) in [6, 6.07) is 6.38. The van der Waals surface area contributed by atoms with Crippen molar-refractivity contribution in [2.24, 2.45) is 0 Å². The first-order valence-electron chi connectivity index (χ1n) is 3.61. The summed E-state index contributed by atoms with van der Waals surface area (Å²) in [6.45, 7) is 4.21. The molecule has 0 aliphatic rings. The van der Waals surface area contributed by atoms with Gasteiger partial charge in [0.05, 0.1) is 5.45 Å². The van der Waals surface area contributed by atoms with Crippen molar-refractivity contribution in [2.45, 2.75) is 13.8 Å². The van der Waals surface area contributed by atoms with E-state index < -0.39 is 0 Å². The summed E-state index contributed by atoms with van der Waals surface area (Å²) in [6.07, 6.45) is 0. The Balaban J connectivity index is 2.90. The van der Waals surface area contributed by atoms with Crippen molar-refractivity contribution < 1.29 is 0 Å². The smallest absolute Gasteiger partial charge is 0.0707 e. The molecule has 0 bridgehead atoms. The van der Waals surface area contributed by atoms with Crippen LogP contribution in [0, 0.1) is 13.8 Å². The van der Waals surface area contributed by atoms with Crippen LogP contribution in [0.4, 0.5) is 5.69 Å². The Morgan fingerprint density at radius 2 is 2.09 bits per heavy atom. The molecule has 60 valence electrons. The molecule has 11 heavy (non-hydrogen) atoms. The highest BCUT2D eigenvalue weighted by atomic mass is 79.9. The van der Waals surface area contributed by atoms with E-state index in [9.17, 15) is 0 Å². The van der Waals surface area contributed by atoms with Gasteiger partial charge in [-0.2, -0.15) is 0 Å². The van der Waals surface area contributed by atoms with Crippen LogP contribution in [0.3, 0.4) is 0 Å². The molecular formula is C9H12BrN. The van der Waals surface area contributed by atoms with Crippen molar-refractivity contribution in [2.75, 3.05) is 10.8 Å². The molecule has 2 heteroatoms. The second-order valence-electron chi connectivity index (χ2n) is 2.63. The molecule has 1 nitrogen and oxygen atoms in total. The van der Waals surface area contributed by atoms with Crippen LogP contribution in [0.1, 0.15) is 11.1 Å². The van der Waals surface area contributed by atoms with Gasteiger partial charge in [0.2, 0.25) is 0 Å². The largest absolute Gasteiger partial charge is 0.375 e. The topological polar surface area (TPSA) is 12.0 Å². The summed E-state index contributed by atoms with van der Waals surface area (Å²) in [5.74, 6) is 0. The van der Waals surface area contributed by atoms with Crippen LogP contribution in [0.2, 0.25) is 0 Å². The summed E-state index contributed by atoms with van der Waals surface area (Å²) in [4.78, 5) is 0. The zero-order chi connectivity index (χ0) is 8.27. The van der Waals surface area contributed by atoms with Crippen LogP contribution in [0.25, 0.3) is 0 Å². The predicted molar refractivity (Wildman–Crippen MR) is 53.3 cm³/mol. The molecule has 0 saturated heterocycles. The molecule has 0 aliphatic carbocycles. The summed E-state index contributed by atoms with van der Waals surface area (Å²) in [5.41, 5.74) is 4.61. The number of aryl methyl sites for hydroxylation is 2. The van der Waals surface area contributed by atoms with Gasteiger partial charge in [-0.25, -0.2) is 0 Å². The molecule has 0 saturated carbocycles. The van der Waals surface area contributed by atoms with E-state index in [2.05, 4.69) is 53.3 Å². The first-order valence-corrected chi connectivity index (χ1v) is 4.73. The zero-order valence-corrected chi connectivity index (χ0v) is 8.40. The van der Waals surface area contributed by atoms with E-state index in [1.165, 1.54) is 16.8 Å². The van der Waals surface area contributed by atoms with E-state index in [4.69, 9.17) is 0 Å². The Morgan fingerprint density at radius 3 is 2.64 bits per heavy atom. The first-order chi connectivity index (χ1) is 5.24. The van der Waals surface area contributed by atoms with Crippen molar-refractivity contribution in [3.05, 3.63) is 29.3 Å². The molecule has 0 atom stereocenters. The quantitative estimate of drug-likeness (QED) is 0.589. The van der Waals surface area contributed by atoms with Gasteiger partial charge in [-0.3, -0.25) is 0 Å². The van der Waals surface area contributed by atoms with Crippen LogP contribution in [-0.4, -0.2) is 5.45 Å². The highest BCUT2D eigenvalue weighted by Crippen LogP contribution is 2.15. The van der Waals surface area contributed by atoms with Crippen molar-refractivity contribution in [3.8, 4) is 0 Å². The Hall–Kier alpha value is -0.500. The Morgan fingerprint density at radius 1 is 1.36 bits per heavy atom. The van der Waals surface area contributed by atoms with Crippen molar-refractivity contribution >= 4 is 21.6 Å². The molecular weight excluding hydrogens is 202 g/mol. The van der Waals surface area contributed by atoms with Crippen LogP contribution in [0.5, 0.6) is 0 Å². The fourth-order valence-corrected chi connectivity index (χ4v) is 1.39. The van der Waals surface area contributed by atoms with E-state index in [0.717, 1.165) is 5.45 Å². The second kappa shape index (κ2) is 3.77. The second-order valence-corrected chi connectivity index (χ2v) is 3.19. The average molecular weight is 214 g/mol. The van der Waals surface area contributed by atoms with E-state index in [0.29, 0.717) is 0 Å². The molecule has 1 aromatic carbocycles. The third kappa shape index (κ3) is 2.22. The highest BCUT2D eigenvalue weighted by Gasteiger charge is 1.94. The molecule has 0 radical (unpaired) electrons. The molecule has 0 unspecified atom stereocenters. The van der Waals surface area contributed by atoms with Gasteiger partial charge in [0.15, 0.2) is 0 Å². The van der Waals surface area contributed by atoms with E-state index in [1.54, 1.807) is 0 Å². The zero-order valence-electron chi connectivity index (χ0n) is 6.82. The Labute approximate surface area is 75.9 Å². The fourth-order valence-electron chi connectivity index (χ4n) is 1.08. The number of halogens is 1. The molecule has 0 heterocycles. The van der Waals surface area contributed by atoms with Crippen molar-refractivity contribution in [1.82, 2.24) is 0 Å². The van der Waals surface area contributed by atoms with Crippen LogP contribution in [-0.2, 0) is 0 Å². The van der Waals surface area contributed by atoms with Crippen LogP contribution >= 0.6 is 15.9 Å². The summed E-state index contributed by atoms with van der Waals surface area (Å²) < 4.78 is 0. The molecule has 1 rings (SSSR count). The lowest BCUT2D eigenvalue weighted by Crippen LogP contribution is -1.95. The number of benzene rings is 1. The fraction of sp³-hybridized carbons (Fsp3) is 0.333. The number of nitrogens with one attached hydrogen (secondary N) is 1. The van der Waals surface area contributed by atoms with Gasteiger partial charge in [-0.05, 0) is 25.5 Å². The lowest BCUT2D eigenvalue weighted by molar-refractivity contribution is 1.34. The lowest BCUT2D eigenvalue weighted by Gasteiger charge is -2.06. The maximum atomic E-state index is 3.33. The summed E-state index contributed by atoms with van der Waals surface area (Å²) in [7, 11) is 0. The molecule has 0 aliphatic heterocycles. The van der Waals surface area contributed by atoms with Gasteiger partial charge in [0.1, 0.15) is 0 Å². The average Bonchev–Trinajstić information content (AvgIpc) is 1.95. The summed E-state index contributed by atoms with van der Waals surface area (Å²) >= 11 is 3.33. The standard InChI is InChI=1S/C9H12BrN/c1-7-3-4-9(11-6-10)8(2)5-7/h3-5,11H,6H2,1-2H3. The normalized spacial score (nSPS) is 9.73. The minimum atomic E-state index is 0.802. The molecule has 1 aromatic rings. The first kappa shape index (κ1) is 8.60. The maximum absolute atomic E-state index is 3.33. The SMILES string of the molecule is Cc1ccc(NCBr)c(C)c1. The lowest BCUT2D eigenvalue weighted by atomic mass is 10.1. The Bertz CT molecular complexity index is 245. The third-order valence-electron chi connectivity index (χ3n) is 1.64. The van der Waals surface area contributed by atoms with Gasteiger partial charge < -0.3 is 5.32 Å². The minimum absolute atomic E-state index is 0.802. The van der Waals surface area contributed by atoms with Crippen LogP contribution in [0.15, 0.2) is 18.2 Å².